The Balaban J connectivity index is 0.000000178. The van der Waals surface area contributed by atoms with Crippen molar-refractivity contribution in [2.45, 2.75) is 163 Å². The number of benzene rings is 3. The number of methoxy groups -OCH3 is 1. The SMILES string of the molecule is COc1ccc(C(CNc2ncc(C#N)c(N[C@@H]3CC[C@H](O)C(C)(C)C3)n2)N2CCCCC2)cc1.C[C@H]1CC[C@@H](Nc2nc(NCCc3ccc(C#N)cc3)ncc2C#N)CC1(C)C.C[C@H]1C[C@@H](Nc2nc(NCCc3ccc(C#N)cc3)ncc2C#N)C1(C)C. The second-order valence-corrected chi connectivity index (χ2v) is 26.7. The number of aromatic nitrogens is 6. The van der Waals surface area contributed by atoms with Gasteiger partial charge in [-0.15, -0.1) is 0 Å². The Morgan fingerprint density at radius 2 is 1.02 bits per heavy atom. The molecule has 7 atom stereocenters. The summed E-state index contributed by atoms with van der Waals surface area (Å²) in [5.74, 6) is 5.49. The fraction of sp³-hybridized carbons (Fsp3) is 0.507. The standard InChI is InChI=1S/C27H38N6O2.C23H28N6.C21H24N6/c1-27(2)15-21(9-12-24(27)34)31-25-20(16-28)17-29-26(32-25)30-18-23(33-13-5-4-6-14-33)19-7-10-22(35-3)11-8-19;1-16-4-9-20(12-23(16,2)3)28-21-19(14-25)15-27-22(29-21)26-11-10-17-5-7-18(13-24)8-6-17;1-14-10-18(21(14,2)3)26-19-17(12-23)13-25-20(27-19)24-9-8-15-4-6-16(11-22)7-5-15/h7-8,10-11,17,21,23-24,34H,4-6,9,12-15,18H2,1-3H3,(H2,29,30,31,32);5-8,15-16,20H,4,9-12H2,1-3H3,(H2,26,27,28,29);4-7,13-14,18H,8-10H2,1-3H3,(H2,24,25,26,27)/t21-,23?,24+;16-,20+;14-,18+/m100/s1. The molecule has 0 bridgehead atoms. The van der Waals surface area contributed by atoms with Crippen LogP contribution in [-0.2, 0) is 12.8 Å². The highest BCUT2D eigenvalue weighted by Gasteiger charge is 2.46. The summed E-state index contributed by atoms with van der Waals surface area (Å²) >= 11 is 0. The summed E-state index contributed by atoms with van der Waals surface area (Å²) in [4.78, 5) is 29.2. The first-order chi connectivity index (χ1) is 43.7. The van der Waals surface area contributed by atoms with E-state index in [2.05, 4.69) is 165 Å². The van der Waals surface area contributed by atoms with Crippen molar-refractivity contribution in [1.29, 1.82) is 26.3 Å². The van der Waals surface area contributed by atoms with Gasteiger partial charge in [0.2, 0.25) is 17.8 Å². The third-order valence-corrected chi connectivity index (χ3v) is 19.3. The van der Waals surface area contributed by atoms with Crippen LogP contribution >= 0.6 is 0 Å². The predicted octanol–water partition coefficient (Wildman–Crippen LogP) is 12.6. The first kappa shape index (κ1) is 67.8. The maximum absolute atomic E-state index is 10.3. The van der Waals surface area contributed by atoms with Crippen molar-refractivity contribution >= 4 is 35.3 Å². The Morgan fingerprint density at radius 1 is 0.560 bits per heavy atom. The van der Waals surface area contributed by atoms with Crippen LogP contribution < -0.4 is 36.6 Å². The van der Waals surface area contributed by atoms with E-state index in [1.165, 1.54) is 31.2 Å². The summed E-state index contributed by atoms with van der Waals surface area (Å²) < 4.78 is 5.34. The monoisotopic (exact) mass is 1230 g/mol. The molecule has 20 heteroatoms. The zero-order valence-electron chi connectivity index (χ0n) is 54.4. The molecule has 4 heterocycles. The number of likely N-dealkylation sites (tertiary alicyclic amines) is 1. The first-order valence-corrected chi connectivity index (χ1v) is 32.1. The number of aliphatic hydroxyl groups excluding tert-OH is 1. The quantitative estimate of drug-likeness (QED) is 0.0374. The second-order valence-electron chi connectivity index (χ2n) is 26.7. The van der Waals surface area contributed by atoms with Crippen LogP contribution in [0.1, 0.15) is 170 Å². The van der Waals surface area contributed by atoms with Gasteiger partial charge < -0.3 is 41.7 Å². The fourth-order valence-electron chi connectivity index (χ4n) is 12.4. The molecule has 0 spiro atoms. The highest BCUT2D eigenvalue weighted by Crippen LogP contribution is 2.47. The number of piperidine rings is 1. The summed E-state index contributed by atoms with van der Waals surface area (Å²) in [6, 6.07) is 35.2. The molecule has 4 aliphatic rings. The van der Waals surface area contributed by atoms with Crippen LogP contribution in [0.25, 0.3) is 0 Å². The summed E-state index contributed by atoms with van der Waals surface area (Å²) in [7, 11) is 1.68. The van der Waals surface area contributed by atoms with Crippen LogP contribution in [0.2, 0.25) is 0 Å². The summed E-state index contributed by atoms with van der Waals surface area (Å²) in [5.41, 5.74) is 6.48. The smallest absolute Gasteiger partial charge is 0.224 e. The molecular formula is C71H90N18O2. The Kier molecular flexibility index (Phi) is 23.5. The number of ether oxygens (including phenoxy) is 1. The van der Waals surface area contributed by atoms with E-state index in [0.29, 0.717) is 107 Å². The summed E-state index contributed by atoms with van der Waals surface area (Å²) in [6.45, 7) is 22.0. The largest absolute Gasteiger partial charge is 0.497 e. The number of nitrogens with one attached hydrogen (secondary N) is 6. The number of aliphatic hydroxyl groups is 1. The summed E-state index contributed by atoms with van der Waals surface area (Å²) in [5, 5.41) is 76.7. The number of nitriles is 5. The van der Waals surface area contributed by atoms with Crippen LogP contribution in [0.3, 0.4) is 0 Å². The van der Waals surface area contributed by atoms with Gasteiger partial charge >= 0.3 is 0 Å². The third kappa shape index (κ3) is 18.5. The van der Waals surface area contributed by atoms with Crippen LogP contribution in [0.4, 0.5) is 35.3 Å². The lowest BCUT2D eigenvalue weighted by molar-refractivity contribution is 0.00926. The molecule has 476 valence electrons. The number of rotatable bonds is 20. The van der Waals surface area contributed by atoms with Crippen molar-refractivity contribution in [3.8, 4) is 36.1 Å². The molecule has 91 heavy (non-hydrogen) atoms. The van der Waals surface area contributed by atoms with E-state index < -0.39 is 0 Å². The van der Waals surface area contributed by atoms with Gasteiger partial charge in [0.15, 0.2) is 0 Å². The van der Waals surface area contributed by atoms with Crippen molar-refractivity contribution in [1.82, 2.24) is 34.8 Å². The Labute approximate surface area is 538 Å². The normalized spacial score (nSPS) is 21.3. The van der Waals surface area contributed by atoms with Gasteiger partial charge in [-0.2, -0.15) is 41.3 Å². The van der Waals surface area contributed by atoms with Crippen LogP contribution in [0, 0.1) is 84.7 Å². The molecule has 3 saturated carbocycles. The minimum atomic E-state index is -0.303. The maximum atomic E-state index is 10.3. The van der Waals surface area contributed by atoms with E-state index in [1.54, 1.807) is 25.7 Å². The molecule has 3 aliphatic carbocycles. The molecule has 3 aromatic carbocycles. The van der Waals surface area contributed by atoms with E-state index in [0.717, 1.165) is 81.3 Å². The van der Waals surface area contributed by atoms with E-state index in [4.69, 9.17) is 15.3 Å². The zero-order chi connectivity index (χ0) is 65.1. The van der Waals surface area contributed by atoms with E-state index in [1.807, 2.05) is 60.7 Å². The molecule has 1 unspecified atom stereocenters. The molecule has 0 amide bonds. The number of nitrogens with zero attached hydrogens (tertiary/aromatic N) is 12. The van der Waals surface area contributed by atoms with E-state index in [-0.39, 0.29) is 34.4 Å². The molecular weight excluding hydrogens is 1140 g/mol. The lowest BCUT2D eigenvalue weighted by atomic mass is 9.59. The lowest BCUT2D eigenvalue weighted by Gasteiger charge is -2.51. The average Bonchev–Trinajstić information content (AvgIpc) is 0.838. The number of anilines is 6. The lowest BCUT2D eigenvalue weighted by Crippen LogP contribution is -2.52. The van der Waals surface area contributed by atoms with Crippen molar-refractivity contribution in [2.24, 2.45) is 28.1 Å². The number of hydrogen-bond acceptors (Lipinski definition) is 20. The number of hydrogen-bond donors (Lipinski definition) is 7. The Bertz CT molecular complexity index is 3570. The molecule has 4 fully saturated rings. The summed E-state index contributed by atoms with van der Waals surface area (Å²) in [6.07, 6.45) is 16.5. The Hall–Kier alpha value is -9.13. The molecule has 6 aromatic rings. The second kappa shape index (κ2) is 31.6. The molecule has 1 aliphatic heterocycles. The minimum absolute atomic E-state index is 0.156. The first-order valence-electron chi connectivity index (χ1n) is 32.1. The van der Waals surface area contributed by atoms with Crippen LogP contribution in [0.15, 0.2) is 91.4 Å². The van der Waals surface area contributed by atoms with E-state index in [9.17, 15) is 20.9 Å². The molecule has 7 N–H and O–H groups in total. The van der Waals surface area contributed by atoms with Gasteiger partial charge in [0.25, 0.3) is 0 Å². The van der Waals surface area contributed by atoms with E-state index >= 15 is 0 Å². The fourth-order valence-corrected chi connectivity index (χ4v) is 12.4. The highest BCUT2D eigenvalue weighted by atomic mass is 16.5. The van der Waals surface area contributed by atoms with Gasteiger partial charge in [0.1, 0.15) is 58.1 Å². The Morgan fingerprint density at radius 3 is 1.45 bits per heavy atom. The van der Waals surface area contributed by atoms with Crippen LogP contribution in [-0.4, -0.2) is 104 Å². The maximum Gasteiger partial charge on any atom is 0.224 e. The van der Waals surface area contributed by atoms with Gasteiger partial charge in [-0.05, 0) is 165 Å². The zero-order valence-corrected chi connectivity index (χ0v) is 54.4. The van der Waals surface area contributed by atoms with Gasteiger partial charge in [0.05, 0.1) is 61.1 Å². The highest BCUT2D eigenvalue weighted by molar-refractivity contribution is 5.56. The predicted molar refractivity (Wildman–Crippen MR) is 357 cm³/mol. The molecule has 0 radical (unpaired) electrons. The van der Waals surface area contributed by atoms with Crippen molar-refractivity contribution in [2.75, 3.05) is 71.7 Å². The third-order valence-electron chi connectivity index (χ3n) is 19.3. The van der Waals surface area contributed by atoms with Gasteiger partial charge in [0, 0.05) is 37.8 Å². The molecule has 20 nitrogen and oxygen atoms in total. The van der Waals surface area contributed by atoms with Crippen molar-refractivity contribution in [3.63, 3.8) is 0 Å². The van der Waals surface area contributed by atoms with Crippen molar-refractivity contribution < 1.29 is 9.84 Å². The van der Waals surface area contributed by atoms with Gasteiger partial charge in [-0.25, -0.2) is 15.0 Å². The topological polar surface area (TPSA) is 301 Å². The van der Waals surface area contributed by atoms with Gasteiger partial charge in [-0.3, -0.25) is 4.90 Å². The van der Waals surface area contributed by atoms with Gasteiger partial charge in [-0.1, -0.05) is 98.2 Å². The minimum Gasteiger partial charge on any atom is -0.497 e. The van der Waals surface area contributed by atoms with Crippen molar-refractivity contribution in [3.05, 3.63) is 136 Å². The molecule has 1 saturated heterocycles. The average molecular weight is 1230 g/mol. The molecule has 3 aromatic heterocycles. The molecule has 10 rings (SSSR count). The van der Waals surface area contributed by atoms with Crippen LogP contribution in [0.5, 0.6) is 5.75 Å².